The van der Waals surface area contributed by atoms with Crippen LogP contribution in [-0.4, -0.2) is 32.6 Å². The van der Waals surface area contributed by atoms with Gasteiger partial charge in [-0.2, -0.15) is 0 Å². The van der Waals surface area contributed by atoms with Crippen LogP contribution < -0.4 is 10.6 Å². The molecule has 0 aliphatic heterocycles. The van der Waals surface area contributed by atoms with Crippen LogP contribution in [0.25, 0.3) is 10.8 Å². The number of anilines is 1. The largest absolute Gasteiger partial charge is 0.384 e. The normalized spacial score (nSPS) is 10.7. The first kappa shape index (κ1) is 14.3. The molecule has 0 bridgehead atoms. The van der Waals surface area contributed by atoms with Crippen LogP contribution in [0.5, 0.6) is 0 Å². The van der Waals surface area contributed by atoms with E-state index in [4.69, 9.17) is 15.9 Å². The Morgan fingerprint density at radius 3 is 2.55 bits per heavy atom. The van der Waals surface area contributed by atoms with Gasteiger partial charge in [0.15, 0.2) is 0 Å². The lowest BCUT2D eigenvalue weighted by molar-refractivity contribution is 0.154. The van der Waals surface area contributed by atoms with E-state index in [1.807, 2.05) is 44.3 Å². The topological polar surface area (TPSA) is 62.3 Å². The number of nitrogens with one attached hydrogen (secondary N) is 1. The van der Waals surface area contributed by atoms with Gasteiger partial charge in [-0.25, -0.2) is 0 Å². The van der Waals surface area contributed by atoms with E-state index in [2.05, 4.69) is 11.0 Å². The Hall–Kier alpha value is -2.07. The molecule has 106 valence electrons. The molecule has 0 amide bonds. The van der Waals surface area contributed by atoms with Crippen molar-refractivity contribution in [1.82, 2.24) is 0 Å². The SMILES string of the molecule is CCOCCN(C)c1ccc(C(=N)N)c2ccccc12. The number of ether oxygens (including phenoxy) is 1. The van der Waals surface area contributed by atoms with Gasteiger partial charge in [0.25, 0.3) is 0 Å². The minimum atomic E-state index is 0.102. The first-order valence-electron chi connectivity index (χ1n) is 6.80. The van der Waals surface area contributed by atoms with Crippen LogP contribution in [0.4, 0.5) is 5.69 Å². The standard InChI is InChI=1S/C16H21N3O/c1-3-20-11-10-19(2)15-9-8-14(16(17)18)12-6-4-5-7-13(12)15/h4-9H,3,10-11H2,1-2H3,(H3,17,18). The highest BCUT2D eigenvalue weighted by molar-refractivity contribution is 6.10. The Morgan fingerprint density at radius 2 is 1.90 bits per heavy atom. The van der Waals surface area contributed by atoms with Crippen LogP contribution in [-0.2, 0) is 4.74 Å². The minimum Gasteiger partial charge on any atom is -0.384 e. The highest BCUT2D eigenvalue weighted by atomic mass is 16.5. The molecular formula is C16H21N3O. The Bertz CT molecular complexity index is 610. The van der Waals surface area contributed by atoms with Crippen molar-refractivity contribution in [2.75, 3.05) is 31.7 Å². The van der Waals surface area contributed by atoms with Crippen molar-refractivity contribution in [3.63, 3.8) is 0 Å². The van der Waals surface area contributed by atoms with Gasteiger partial charge in [0, 0.05) is 36.8 Å². The highest BCUT2D eigenvalue weighted by Crippen LogP contribution is 2.28. The molecule has 0 radical (unpaired) electrons. The van der Waals surface area contributed by atoms with Crippen molar-refractivity contribution in [1.29, 1.82) is 5.41 Å². The van der Waals surface area contributed by atoms with Crippen molar-refractivity contribution in [2.45, 2.75) is 6.92 Å². The molecule has 2 aromatic carbocycles. The molecule has 0 fully saturated rings. The molecule has 0 unspecified atom stereocenters. The Kier molecular flexibility index (Phi) is 4.58. The van der Waals surface area contributed by atoms with Gasteiger partial charge in [0.1, 0.15) is 5.84 Å². The third-order valence-electron chi connectivity index (χ3n) is 3.38. The molecular weight excluding hydrogens is 250 g/mol. The maximum Gasteiger partial charge on any atom is 0.123 e. The zero-order valence-corrected chi connectivity index (χ0v) is 12.0. The van der Waals surface area contributed by atoms with Gasteiger partial charge in [-0.1, -0.05) is 24.3 Å². The predicted octanol–water partition coefficient (Wildman–Crippen LogP) is 2.60. The summed E-state index contributed by atoms with van der Waals surface area (Å²) in [6, 6.07) is 12.0. The fourth-order valence-electron chi connectivity index (χ4n) is 2.32. The fraction of sp³-hybridized carbons (Fsp3) is 0.312. The van der Waals surface area contributed by atoms with Gasteiger partial charge in [0.05, 0.1) is 6.61 Å². The second-order valence-electron chi connectivity index (χ2n) is 4.71. The molecule has 20 heavy (non-hydrogen) atoms. The van der Waals surface area contributed by atoms with E-state index in [0.717, 1.165) is 35.2 Å². The lowest BCUT2D eigenvalue weighted by Gasteiger charge is -2.22. The summed E-state index contributed by atoms with van der Waals surface area (Å²) in [6.45, 7) is 4.27. The number of rotatable bonds is 6. The molecule has 2 aromatic rings. The van der Waals surface area contributed by atoms with Gasteiger partial charge in [-0.05, 0) is 24.4 Å². The summed E-state index contributed by atoms with van der Waals surface area (Å²) in [6.07, 6.45) is 0. The first-order valence-corrected chi connectivity index (χ1v) is 6.80. The monoisotopic (exact) mass is 271 g/mol. The molecule has 0 aliphatic carbocycles. The summed E-state index contributed by atoms with van der Waals surface area (Å²) in [5.41, 5.74) is 7.56. The van der Waals surface area contributed by atoms with Crippen LogP contribution in [0.3, 0.4) is 0 Å². The number of nitrogen functional groups attached to an aromatic ring is 1. The van der Waals surface area contributed by atoms with E-state index in [1.165, 1.54) is 0 Å². The summed E-state index contributed by atoms with van der Waals surface area (Å²) in [7, 11) is 2.05. The quantitative estimate of drug-likeness (QED) is 0.482. The van der Waals surface area contributed by atoms with E-state index < -0.39 is 0 Å². The van der Waals surface area contributed by atoms with Crippen molar-refractivity contribution < 1.29 is 4.74 Å². The second kappa shape index (κ2) is 6.39. The first-order chi connectivity index (χ1) is 9.65. The van der Waals surface area contributed by atoms with Crippen LogP contribution >= 0.6 is 0 Å². The number of likely N-dealkylation sites (N-methyl/N-ethyl adjacent to an activating group) is 1. The van der Waals surface area contributed by atoms with Crippen molar-refractivity contribution in [3.05, 3.63) is 42.0 Å². The number of hydrogen-bond donors (Lipinski definition) is 2. The number of nitrogens with zero attached hydrogens (tertiary/aromatic N) is 1. The Balaban J connectivity index is 2.40. The maximum atomic E-state index is 7.68. The summed E-state index contributed by atoms with van der Waals surface area (Å²) >= 11 is 0. The number of hydrogen-bond acceptors (Lipinski definition) is 3. The molecule has 0 aromatic heterocycles. The molecule has 4 nitrogen and oxygen atoms in total. The lowest BCUT2D eigenvalue weighted by Crippen LogP contribution is -2.23. The number of fused-ring (bicyclic) bond motifs is 1. The van der Waals surface area contributed by atoms with E-state index in [0.29, 0.717) is 6.61 Å². The van der Waals surface area contributed by atoms with Gasteiger partial charge >= 0.3 is 0 Å². The minimum absolute atomic E-state index is 0.102. The third kappa shape index (κ3) is 2.91. The van der Waals surface area contributed by atoms with Gasteiger partial charge in [-0.15, -0.1) is 0 Å². The Morgan fingerprint density at radius 1 is 1.20 bits per heavy atom. The lowest BCUT2D eigenvalue weighted by atomic mass is 10.0. The van der Waals surface area contributed by atoms with Crippen molar-refractivity contribution >= 4 is 22.3 Å². The number of nitrogens with two attached hydrogens (primary N) is 1. The third-order valence-corrected chi connectivity index (χ3v) is 3.38. The van der Waals surface area contributed by atoms with E-state index >= 15 is 0 Å². The maximum absolute atomic E-state index is 7.68. The smallest absolute Gasteiger partial charge is 0.123 e. The van der Waals surface area contributed by atoms with Crippen LogP contribution in [0.2, 0.25) is 0 Å². The molecule has 0 heterocycles. The zero-order valence-electron chi connectivity index (χ0n) is 12.0. The number of amidine groups is 1. The van der Waals surface area contributed by atoms with Crippen LogP contribution in [0, 0.1) is 5.41 Å². The van der Waals surface area contributed by atoms with Gasteiger partial charge in [-0.3, -0.25) is 5.41 Å². The van der Waals surface area contributed by atoms with E-state index in [9.17, 15) is 0 Å². The summed E-state index contributed by atoms with van der Waals surface area (Å²) < 4.78 is 5.40. The highest BCUT2D eigenvalue weighted by Gasteiger charge is 2.10. The van der Waals surface area contributed by atoms with Crippen molar-refractivity contribution in [2.24, 2.45) is 5.73 Å². The summed E-state index contributed by atoms with van der Waals surface area (Å²) in [5, 5.41) is 9.80. The fourth-order valence-corrected chi connectivity index (χ4v) is 2.32. The van der Waals surface area contributed by atoms with Crippen molar-refractivity contribution in [3.8, 4) is 0 Å². The van der Waals surface area contributed by atoms with Gasteiger partial charge in [0.2, 0.25) is 0 Å². The molecule has 3 N–H and O–H groups in total. The molecule has 4 heteroatoms. The molecule has 2 rings (SSSR count). The van der Waals surface area contributed by atoms with E-state index in [1.54, 1.807) is 0 Å². The van der Waals surface area contributed by atoms with Crippen LogP contribution in [0.1, 0.15) is 12.5 Å². The van der Waals surface area contributed by atoms with E-state index in [-0.39, 0.29) is 5.84 Å². The number of benzene rings is 2. The predicted molar refractivity (Wildman–Crippen MR) is 84.7 cm³/mol. The molecule has 0 atom stereocenters. The second-order valence-corrected chi connectivity index (χ2v) is 4.71. The zero-order chi connectivity index (χ0) is 14.5. The molecule has 0 saturated heterocycles. The molecule has 0 spiro atoms. The van der Waals surface area contributed by atoms with Gasteiger partial charge < -0.3 is 15.4 Å². The molecule has 0 saturated carbocycles. The van der Waals surface area contributed by atoms with Crippen LogP contribution in [0.15, 0.2) is 36.4 Å². The summed E-state index contributed by atoms with van der Waals surface area (Å²) in [5.74, 6) is 0.102. The average molecular weight is 271 g/mol. The Labute approximate surface area is 119 Å². The molecule has 0 aliphatic rings. The average Bonchev–Trinajstić information content (AvgIpc) is 2.46. The summed E-state index contributed by atoms with van der Waals surface area (Å²) in [4.78, 5) is 2.17.